The molecule has 0 spiro atoms. The van der Waals surface area contributed by atoms with Gasteiger partial charge in [0.1, 0.15) is 6.54 Å². The summed E-state index contributed by atoms with van der Waals surface area (Å²) in [6.07, 6.45) is 4.33. The Balaban J connectivity index is 1.63. The van der Waals surface area contributed by atoms with E-state index in [1.54, 1.807) is 41.5 Å². The molecule has 0 saturated heterocycles. The Labute approximate surface area is 162 Å². The van der Waals surface area contributed by atoms with Gasteiger partial charge in [-0.05, 0) is 48.1 Å². The van der Waals surface area contributed by atoms with Crippen LogP contribution >= 0.6 is 11.3 Å². The number of likely N-dealkylation sites (N-methyl/N-ethyl adjacent to an activating group) is 1. The molecule has 3 rings (SSSR count). The number of amides is 2. The molecule has 0 radical (unpaired) electrons. The van der Waals surface area contributed by atoms with Gasteiger partial charge in [0.15, 0.2) is 0 Å². The first kappa shape index (κ1) is 18.8. The van der Waals surface area contributed by atoms with Gasteiger partial charge in [-0.1, -0.05) is 12.1 Å². The number of carbonyl (C=O) groups excluding carboxylic acids is 2. The molecular weight excluding hydrogens is 360 g/mol. The highest BCUT2D eigenvalue weighted by Crippen LogP contribution is 2.20. The van der Waals surface area contributed by atoms with Crippen LogP contribution in [0.25, 0.3) is 11.1 Å². The van der Waals surface area contributed by atoms with E-state index >= 15 is 0 Å². The topological polar surface area (TPSA) is 76.0 Å². The Morgan fingerprint density at radius 1 is 1.22 bits per heavy atom. The first-order valence-corrected chi connectivity index (χ1v) is 9.59. The zero-order valence-electron chi connectivity index (χ0n) is 15.4. The van der Waals surface area contributed by atoms with Gasteiger partial charge < -0.3 is 10.6 Å². The molecule has 2 heterocycles. The van der Waals surface area contributed by atoms with Crippen LogP contribution in [0.5, 0.6) is 0 Å². The lowest BCUT2D eigenvalue weighted by Crippen LogP contribution is -2.25. The standard InChI is InChI=1S/C20H22N4O2S/c1-14-7-9-27-18(14)6-8-22-20(26)16-5-3-4-15(10-16)17-11-23-24(12-17)13-19(25)21-2/h3-5,7,9-12H,6,8,13H2,1-2H3,(H,21,25)(H,22,26). The summed E-state index contributed by atoms with van der Waals surface area (Å²) in [4.78, 5) is 25.2. The summed E-state index contributed by atoms with van der Waals surface area (Å²) in [6, 6.07) is 9.50. The average molecular weight is 382 g/mol. The Morgan fingerprint density at radius 3 is 2.81 bits per heavy atom. The molecule has 0 atom stereocenters. The van der Waals surface area contributed by atoms with E-state index in [1.165, 1.54) is 10.4 Å². The van der Waals surface area contributed by atoms with Gasteiger partial charge in [-0.15, -0.1) is 11.3 Å². The summed E-state index contributed by atoms with van der Waals surface area (Å²) in [5, 5.41) is 11.8. The van der Waals surface area contributed by atoms with E-state index in [0.29, 0.717) is 12.1 Å². The van der Waals surface area contributed by atoms with Gasteiger partial charge in [-0.2, -0.15) is 5.10 Å². The molecule has 2 aromatic heterocycles. The van der Waals surface area contributed by atoms with Crippen molar-refractivity contribution in [3.63, 3.8) is 0 Å². The highest BCUT2D eigenvalue weighted by molar-refractivity contribution is 7.10. The maximum Gasteiger partial charge on any atom is 0.251 e. The average Bonchev–Trinajstić information content (AvgIpc) is 3.31. The van der Waals surface area contributed by atoms with Crippen LogP contribution < -0.4 is 10.6 Å². The van der Waals surface area contributed by atoms with Crippen LogP contribution in [0, 0.1) is 6.92 Å². The number of carbonyl (C=O) groups is 2. The molecule has 2 amide bonds. The van der Waals surface area contributed by atoms with Gasteiger partial charge >= 0.3 is 0 Å². The normalized spacial score (nSPS) is 10.6. The van der Waals surface area contributed by atoms with Crippen molar-refractivity contribution < 1.29 is 9.59 Å². The number of hydrogen-bond donors (Lipinski definition) is 2. The minimum absolute atomic E-state index is 0.0937. The Morgan fingerprint density at radius 2 is 2.07 bits per heavy atom. The summed E-state index contributed by atoms with van der Waals surface area (Å²) in [6.45, 7) is 2.86. The van der Waals surface area contributed by atoms with Crippen molar-refractivity contribution in [3.05, 3.63) is 64.1 Å². The maximum absolute atomic E-state index is 12.4. The molecule has 0 aliphatic rings. The van der Waals surface area contributed by atoms with E-state index in [4.69, 9.17) is 0 Å². The predicted octanol–water partition coefficient (Wildman–Crippen LogP) is 2.64. The first-order chi connectivity index (χ1) is 13.1. The van der Waals surface area contributed by atoms with E-state index in [0.717, 1.165) is 17.5 Å². The van der Waals surface area contributed by atoms with Gasteiger partial charge in [0.05, 0.1) is 6.20 Å². The largest absolute Gasteiger partial charge is 0.358 e. The zero-order chi connectivity index (χ0) is 19.2. The van der Waals surface area contributed by atoms with Crippen LogP contribution in [0.1, 0.15) is 20.8 Å². The van der Waals surface area contributed by atoms with Gasteiger partial charge in [0.25, 0.3) is 5.91 Å². The van der Waals surface area contributed by atoms with E-state index in [2.05, 4.69) is 34.1 Å². The Kier molecular flexibility index (Phi) is 6.03. The number of hydrogen-bond acceptors (Lipinski definition) is 4. The molecule has 6 nitrogen and oxygen atoms in total. The van der Waals surface area contributed by atoms with Crippen molar-refractivity contribution in [1.29, 1.82) is 0 Å². The minimum atomic E-state index is -0.112. The van der Waals surface area contributed by atoms with Gasteiger partial charge in [-0.25, -0.2) is 0 Å². The molecule has 0 aliphatic heterocycles. The first-order valence-electron chi connectivity index (χ1n) is 8.71. The summed E-state index contributed by atoms with van der Waals surface area (Å²) in [5.41, 5.74) is 3.63. The lowest BCUT2D eigenvalue weighted by atomic mass is 10.1. The second-order valence-corrected chi connectivity index (χ2v) is 7.21. The maximum atomic E-state index is 12.4. The monoisotopic (exact) mass is 382 g/mol. The highest BCUT2D eigenvalue weighted by atomic mass is 32.1. The second kappa shape index (κ2) is 8.64. The van der Waals surface area contributed by atoms with E-state index in [9.17, 15) is 9.59 Å². The van der Waals surface area contributed by atoms with Crippen molar-refractivity contribution in [2.24, 2.45) is 0 Å². The van der Waals surface area contributed by atoms with E-state index in [-0.39, 0.29) is 18.4 Å². The molecule has 2 N–H and O–H groups in total. The van der Waals surface area contributed by atoms with E-state index < -0.39 is 0 Å². The van der Waals surface area contributed by atoms with Crippen LogP contribution in [0.2, 0.25) is 0 Å². The number of nitrogens with zero attached hydrogens (tertiary/aromatic N) is 2. The molecule has 0 unspecified atom stereocenters. The second-order valence-electron chi connectivity index (χ2n) is 6.21. The van der Waals surface area contributed by atoms with Gasteiger partial charge in [0, 0.05) is 35.8 Å². The van der Waals surface area contributed by atoms with Crippen LogP contribution in [0.15, 0.2) is 48.1 Å². The molecule has 7 heteroatoms. The molecule has 0 bridgehead atoms. The number of aryl methyl sites for hydroxylation is 1. The molecule has 0 saturated carbocycles. The third-order valence-corrected chi connectivity index (χ3v) is 5.36. The highest BCUT2D eigenvalue weighted by Gasteiger charge is 2.09. The van der Waals surface area contributed by atoms with Crippen LogP contribution in [-0.2, 0) is 17.8 Å². The van der Waals surface area contributed by atoms with Crippen LogP contribution in [0.3, 0.4) is 0 Å². The molecule has 3 aromatic rings. The fourth-order valence-corrected chi connectivity index (χ4v) is 3.63. The minimum Gasteiger partial charge on any atom is -0.358 e. The predicted molar refractivity (Wildman–Crippen MR) is 107 cm³/mol. The van der Waals surface area contributed by atoms with Crippen molar-refractivity contribution in [2.75, 3.05) is 13.6 Å². The number of thiophene rings is 1. The number of rotatable bonds is 7. The Bertz CT molecular complexity index is 945. The summed E-state index contributed by atoms with van der Waals surface area (Å²) >= 11 is 1.72. The Hall–Kier alpha value is -2.93. The summed E-state index contributed by atoms with van der Waals surface area (Å²) in [5.74, 6) is -0.206. The number of aromatic nitrogens is 2. The zero-order valence-corrected chi connectivity index (χ0v) is 16.2. The van der Waals surface area contributed by atoms with Crippen molar-refractivity contribution in [1.82, 2.24) is 20.4 Å². The van der Waals surface area contributed by atoms with Crippen molar-refractivity contribution >= 4 is 23.2 Å². The quantitative estimate of drug-likeness (QED) is 0.660. The number of nitrogens with one attached hydrogen (secondary N) is 2. The molecule has 0 fully saturated rings. The van der Waals surface area contributed by atoms with Crippen molar-refractivity contribution in [3.8, 4) is 11.1 Å². The molecule has 140 valence electrons. The SMILES string of the molecule is CNC(=O)Cn1cc(-c2cccc(C(=O)NCCc3sccc3C)c2)cn1. The summed E-state index contributed by atoms with van der Waals surface area (Å²) in [7, 11) is 1.59. The molecular formula is C20H22N4O2S. The summed E-state index contributed by atoms with van der Waals surface area (Å²) < 4.78 is 1.57. The van der Waals surface area contributed by atoms with Crippen LogP contribution in [0.4, 0.5) is 0 Å². The molecule has 27 heavy (non-hydrogen) atoms. The van der Waals surface area contributed by atoms with Crippen LogP contribution in [-0.4, -0.2) is 35.2 Å². The van der Waals surface area contributed by atoms with E-state index in [1.807, 2.05) is 18.2 Å². The van der Waals surface area contributed by atoms with Gasteiger partial charge in [0.2, 0.25) is 5.91 Å². The smallest absolute Gasteiger partial charge is 0.251 e. The number of benzene rings is 1. The lowest BCUT2D eigenvalue weighted by Gasteiger charge is -2.06. The van der Waals surface area contributed by atoms with Gasteiger partial charge in [-0.3, -0.25) is 14.3 Å². The third kappa shape index (κ3) is 4.83. The fourth-order valence-electron chi connectivity index (χ4n) is 2.72. The fraction of sp³-hybridized carbons (Fsp3) is 0.250. The molecule has 1 aromatic carbocycles. The van der Waals surface area contributed by atoms with Crippen molar-refractivity contribution in [2.45, 2.75) is 19.9 Å². The lowest BCUT2D eigenvalue weighted by molar-refractivity contribution is -0.121. The third-order valence-electron chi connectivity index (χ3n) is 4.28. The molecule has 0 aliphatic carbocycles.